The summed E-state index contributed by atoms with van der Waals surface area (Å²) < 4.78 is 13.1. The fourth-order valence-corrected chi connectivity index (χ4v) is 1.89. The normalized spacial score (nSPS) is 10.9. The molecule has 3 heteroatoms. The Morgan fingerprint density at radius 3 is 2.71 bits per heavy atom. The Morgan fingerprint density at radius 2 is 2.07 bits per heavy atom. The maximum absolute atomic E-state index is 13.1. The maximum Gasteiger partial charge on any atom is 0.136 e. The molecule has 0 bridgehead atoms. The highest BCUT2D eigenvalue weighted by molar-refractivity contribution is 7.99. The second-order valence-electron chi connectivity index (χ2n) is 3.39. The van der Waals surface area contributed by atoms with Crippen molar-refractivity contribution in [3.05, 3.63) is 30.1 Å². The van der Waals surface area contributed by atoms with Crippen LogP contribution in [0.15, 0.2) is 29.2 Å². The first-order chi connectivity index (χ1) is 6.70. The van der Waals surface area contributed by atoms with E-state index < -0.39 is 0 Å². The van der Waals surface area contributed by atoms with Crippen LogP contribution in [0, 0.1) is 5.82 Å². The molecule has 1 rings (SSSR count). The highest BCUT2D eigenvalue weighted by atomic mass is 32.2. The molecule has 1 N–H and O–H groups in total. The first-order valence-corrected chi connectivity index (χ1v) is 5.79. The van der Waals surface area contributed by atoms with Crippen LogP contribution < -0.4 is 5.32 Å². The van der Waals surface area contributed by atoms with Crippen LogP contribution in [-0.4, -0.2) is 18.3 Å². The molecule has 0 aliphatic heterocycles. The van der Waals surface area contributed by atoms with Gasteiger partial charge in [0.2, 0.25) is 0 Å². The number of benzene rings is 1. The van der Waals surface area contributed by atoms with Crippen molar-refractivity contribution in [1.29, 1.82) is 0 Å². The largest absolute Gasteiger partial charge is 0.314 e. The van der Waals surface area contributed by atoms with Gasteiger partial charge in [0.05, 0.1) is 0 Å². The van der Waals surface area contributed by atoms with Crippen molar-refractivity contribution in [2.75, 3.05) is 12.3 Å². The molecule has 0 aliphatic carbocycles. The lowest BCUT2D eigenvalue weighted by atomic mass is 10.3. The molecule has 14 heavy (non-hydrogen) atoms. The number of thioether (sulfide) groups is 1. The molecule has 0 spiro atoms. The zero-order valence-electron chi connectivity index (χ0n) is 8.59. The Balaban J connectivity index is 2.28. The third-order valence-corrected chi connectivity index (χ3v) is 2.80. The molecule has 0 heterocycles. The van der Waals surface area contributed by atoms with Crippen LogP contribution in [-0.2, 0) is 0 Å². The van der Waals surface area contributed by atoms with E-state index in [1.165, 1.54) is 6.07 Å². The Hall–Kier alpha value is -0.540. The quantitative estimate of drug-likeness (QED) is 0.596. The molecule has 78 valence electrons. The minimum Gasteiger partial charge on any atom is -0.314 e. The molecule has 0 saturated carbocycles. The van der Waals surface area contributed by atoms with E-state index in [9.17, 15) is 4.39 Å². The van der Waals surface area contributed by atoms with Crippen LogP contribution in [0.3, 0.4) is 0 Å². The average molecular weight is 213 g/mol. The molecule has 1 aromatic carbocycles. The van der Waals surface area contributed by atoms with Crippen molar-refractivity contribution in [1.82, 2.24) is 5.32 Å². The van der Waals surface area contributed by atoms with E-state index in [4.69, 9.17) is 0 Å². The summed E-state index contributed by atoms with van der Waals surface area (Å²) in [5, 5.41) is 3.29. The highest BCUT2D eigenvalue weighted by Crippen LogP contribution is 2.20. The monoisotopic (exact) mass is 213 g/mol. The number of hydrogen-bond donors (Lipinski definition) is 1. The van der Waals surface area contributed by atoms with Crippen LogP contribution in [0.2, 0.25) is 0 Å². The van der Waals surface area contributed by atoms with Gasteiger partial charge in [-0.15, -0.1) is 11.8 Å². The van der Waals surface area contributed by atoms with Crippen molar-refractivity contribution < 1.29 is 4.39 Å². The van der Waals surface area contributed by atoms with E-state index in [1.807, 2.05) is 12.1 Å². The second kappa shape index (κ2) is 6.04. The van der Waals surface area contributed by atoms with Gasteiger partial charge in [0.1, 0.15) is 5.82 Å². The second-order valence-corrected chi connectivity index (χ2v) is 4.52. The SMILES string of the molecule is CC(C)NCCSc1ccccc1F. The summed E-state index contributed by atoms with van der Waals surface area (Å²) in [7, 11) is 0. The first-order valence-electron chi connectivity index (χ1n) is 4.81. The van der Waals surface area contributed by atoms with E-state index >= 15 is 0 Å². The van der Waals surface area contributed by atoms with Crippen molar-refractivity contribution in [2.24, 2.45) is 0 Å². The molecular weight excluding hydrogens is 197 g/mol. The van der Waals surface area contributed by atoms with Gasteiger partial charge in [-0.25, -0.2) is 4.39 Å². The Labute approximate surface area is 89.1 Å². The molecule has 1 nitrogen and oxygen atoms in total. The molecule has 0 unspecified atom stereocenters. The molecule has 0 fully saturated rings. The Bertz CT molecular complexity index is 276. The summed E-state index contributed by atoms with van der Waals surface area (Å²) in [6, 6.07) is 7.39. The molecular formula is C11H16FNS. The van der Waals surface area contributed by atoms with Crippen molar-refractivity contribution in [3.63, 3.8) is 0 Å². The third kappa shape index (κ3) is 4.11. The lowest BCUT2D eigenvalue weighted by Crippen LogP contribution is -2.24. The van der Waals surface area contributed by atoms with Crippen LogP contribution in [0.1, 0.15) is 13.8 Å². The van der Waals surface area contributed by atoms with E-state index in [2.05, 4.69) is 19.2 Å². The number of halogens is 1. The summed E-state index contributed by atoms with van der Waals surface area (Å²) in [6.07, 6.45) is 0. The van der Waals surface area contributed by atoms with Gasteiger partial charge in [-0.3, -0.25) is 0 Å². The lowest BCUT2D eigenvalue weighted by molar-refractivity contribution is 0.600. The summed E-state index contributed by atoms with van der Waals surface area (Å²) in [5.41, 5.74) is 0. The molecule has 1 aromatic rings. The summed E-state index contributed by atoms with van der Waals surface area (Å²) >= 11 is 1.55. The van der Waals surface area contributed by atoms with Gasteiger partial charge in [-0.2, -0.15) is 0 Å². The molecule has 0 aliphatic rings. The van der Waals surface area contributed by atoms with E-state index in [0.717, 1.165) is 17.2 Å². The van der Waals surface area contributed by atoms with Crippen LogP contribution in [0.5, 0.6) is 0 Å². The Kier molecular flexibility index (Phi) is 4.98. The summed E-state index contributed by atoms with van der Waals surface area (Å²) in [6.45, 7) is 5.12. The van der Waals surface area contributed by atoms with Gasteiger partial charge >= 0.3 is 0 Å². The van der Waals surface area contributed by atoms with Gasteiger partial charge in [0.25, 0.3) is 0 Å². The number of nitrogens with one attached hydrogen (secondary N) is 1. The Morgan fingerprint density at radius 1 is 1.36 bits per heavy atom. The maximum atomic E-state index is 13.1. The molecule has 0 amide bonds. The number of hydrogen-bond acceptors (Lipinski definition) is 2. The van der Waals surface area contributed by atoms with Gasteiger partial charge in [-0.05, 0) is 12.1 Å². The number of rotatable bonds is 5. The van der Waals surface area contributed by atoms with Crippen molar-refractivity contribution in [2.45, 2.75) is 24.8 Å². The lowest BCUT2D eigenvalue weighted by Gasteiger charge is -2.07. The third-order valence-electron chi connectivity index (χ3n) is 1.75. The van der Waals surface area contributed by atoms with E-state index in [1.54, 1.807) is 17.8 Å². The topological polar surface area (TPSA) is 12.0 Å². The van der Waals surface area contributed by atoms with Crippen LogP contribution in [0.25, 0.3) is 0 Å². The predicted octanol–water partition coefficient (Wildman–Crippen LogP) is 2.92. The summed E-state index contributed by atoms with van der Waals surface area (Å²) in [5.74, 6) is 0.779. The van der Waals surface area contributed by atoms with Crippen molar-refractivity contribution >= 4 is 11.8 Å². The van der Waals surface area contributed by atoms with Gasteiger partial charge in [0, 0.05) is 23.2 Å². The molecule has 0 radical (unpaired) electrons. The highest BCUT2D eigenvalue weighted by Gasteiger charge is 2.00. The van der Waals surface area contributed by atoms with Crippen molar-refractivity contribution in [3.8, 4) is 0 Å². The van der Waals surface area contributed by atoms with Crippen LogP contribution >= 0.6 is 11.8 Å². The molecule has 0 aromatic heterocycles. The first kappa shape index (κ1) is 11.5. The summed E-state index contributed by atoms with van der Waals surface area (Å²) in [4.78, 5) is 0.734. The smallest absolute Gasteiger partial charge is 0.136 e. The fraction of sp³-hybridized carbons (Fsp3) is 0.455. The predicted molar refractivity (Wildman–Crippen MR) is 60.3 cm³/mol. The zero-order chi connectivity index (χ0) is 10.4. The van der Waals surface area contributed by atoms with E-state index in [-0.39, 0.29) is 5.82 Å². The van der Waals surface area contributed by atoms with Crippen LogP contribution in [0.4, 0.5) is 4.39 Å². The molecule has 0 atom stereocenters. The minimum absolute atomic E-state index is 0.123. The van der Waals surface area contributed by atoms with Gasteiger partial charge in [-0.1, -0.05) is 26.0 Å². The standard InChI is InChI=1S/C11H16FNS/c1-9(2)13-7-8-14-11-6-4-3-5-10(11)12/h3-6,9,13H,7-8H2,1-2H3. The average Bonchev–Trinajstić information content (AvgIpc) is 2.15. The van der Waals surface area contributed by atoms with Gasteiger partial charge < -0.3 is 5.32 Å². The fourth-order valence-electron chi connectivity index (χ4n) is 1.07. The van der Waals surface area contributed by atoms with E-state index in [0.29, 0.717) is 6.04 Å². The minimum atomic E-state index is -0.123. The molecule has 0 saturated heterocycles. The van der Waals surface area contributed by atoms with Gasteiger partial charge in [0.15, 0.2) is 0 Å². The zero-order valence-corrected chi connectivity index (χ0v) is 9.40.